The van der Waals surface area contributed by atoms with Gasteiger partial charge in [0, 0.05) is 18.5 Å². The number of hydrogen-bond donors (Lipinski definition) is 2. The highest BCUT2D eigenvalue weighted by Crippen LogP contribution is 2.35. The van der Waals surface area contributed by atoms with Gasteiger partial charge < -0.3 is 14.8 Å². The first kappa shape index (κ1) is 17.8. The minimum absolute atomic E-state index is 0.0256. The van der Waals surface area contributed by atoms with Gasteiger partial charge in [0.25, 0.3) is 5.56 Å². The molecular formula is C18H22ClN3O3. The first-order valence-electron chi connectivity index (χ1n) is 8.32. The summed E-state index contributed by atoms with van der Waals surface area (Å²) in [6, 6.07) is 5.19. The molecule has 2 aromatic rings. The molecule has 0 bridgehead atoms. The summed E-state index contributed by atoms with van der Waals surface area (Å²) >= 11 is 6.06. The topological polar surface area (TPSA) is 78.5 Å². The van der Waals surface area contributed by atoms with Gasteiger partial charge in [-0.1, -0.05) is 11.6 Å². The molecule has 0 saturated carbocycles. The maximum atomic E-state index is 11.6. The zero-order valence-electron chi connectivity index (χ0n) is 14.4. The van der Waals surface area contributed by atoms with Crippen LogP contribution in [-0.2, 0) is 6.54 Å². The number of piperidine rings is 1. The highest BCUT2D eigenvalue weighted by atomic mass is 35.5. The highest BCUT2D eigenvalue weighted by molar-refractivity contribution is 6.32. The van der Waals surface area contributed by atoms with E-state index in [-0.39, 0.29) is 11.3 Å². The van der Waals surface area contributed by atoms with Crippen molar-refractivity contribution < 1.29 is 9.84 Å². The summed E-state index contributed by atoms with van der Waals surface area (Å²) in [6.45, 7) is 4.38. The van der Waals surface area contributed by atoms with Crippen molar-refractivity contribution in [1.29, 1.82) is 0 Å². The second kappa shape index (κ2) is 7.45. The van der Waals surface area contributed by atoms with E-state index in [2.05, 4.69) is 14.9 Å². The molecule has 0 spiro atoms. The molecule has 1 fully saturated rings. The van der Waals surface area contributed by atoms with Crippen molar-refractivity contribution in [3.05, 3.63) is 50.7 Å². The molecule has 1 aromatic carbocycles. The smallest absolute Gasteiger partial charge is 0.251 e. The fraction of sp³-hybridized carbons (Fsp3) is 0.444. The standard InChI is InChI=1S/C18H22ClN3O3/c1-11-20-15(9-17(23)21-11)13-3-5-22(6-4-13)10-12-7-14(19)18(24)16(8-12)25-2/h7-9,13,24H,3-6,10H2,1-2H3,(H,20,21,23). The van der Waals surface area contributed by atoms with Gasteiger partial charge in [-0.2, -0.15) is 0 Å². The molecule has 2 N–H and O–H groups in total. The molecule has 134 valence electrons. The first-order chi connectivity index (χ1) is 12.0. The van der Waals surface area contributed by atoms with E-state index in [4.69, 9.17) is 16.3 Å². The molecule has 0 aliphatic carbocycles. The molecule has 0 atom stereocenters. The van der Waals surface area contributed by atoms with Crippen LogP contribution in [0.3, 0.4) is 0 Å². The normalized spacial score (nSPS) is 16.1. The van der Waals surface area contributed by atoms with Crippen LogP contribution in [0.4, 0.5) is 0 Å². The number of hydrogen-bond acceptors (Lipinski definition) is 5. The summed E-state index contributed by atoms with van der Waals surface area (Å²) in [5.74, 6) is 1.34. The molecule has 1 aliphatic heterocycles. The van der Waals surface area contributed by atoms with E-state index in [0.29, 0.717) is 22.5 Å². The molecule has 2 heterocycles. The Hall–Kier alpha value is -2.05. The van der Waals surface area contributed by atoms with E-state index < -0.39 is 0 Å². The first-order valence-corrected chi connectivity index (χ1v) is 8.69. The summed E-state index contributed by atoms with van der Waals surface area (Å²) in [7, 11) is 1.51. The third kappa shape index (κ3) is 4.14. The van der Waals surface area contributed by atoms with Gasteiger partial charge in [0.15, 0.2) is 11.5 Å². The number of phenolic OH excluding ortho intramolecular Hbond substituents is 1. The molecule has 0 amide bonds. The predicted molar refractivity (Wildman–Crippen MR) is 96.5 cm³/mol. The summed E-state index contributed by atoms with van der Waals surface area (Å²) in [4.78, 5) is 21.1. The zero-order valence-corrected chi connectivity index (χ0v) is 15.1. The minimum Gasteiger partial charge on any atom is -0.503 e. The van der Waals surface area contributed by atoms with Crippen LogP contribution < -0.4 is 10.3 Å². The molecule has 1 saturated heterocycles. The Morgan fingerprint density at radius 1 is 1.36 bits per heavy atom. The maximum absolute atomic E-state index is 11.6. The fourth-order valence-corrected chi connectivity index (χ4v) is 3.56. The van der Waals surface area contributed by atoms with Crippen LogP contribution in [-0.4, -0.2) is 40.2 Å². The van der Waals surface area contributed by atoms with Crippen molar-refractivity contribution in [2.75, 3.05) is 20.2 Å². The predicted octanol–water partition coefficient (Wildman–Crippen LogP) is 2.83. The van der Waals surface area contributed by atoms with Gasteiger partial charge in [-0.3, -0.25) is 9.69 Å². The van der Waals surface area contributed by atoms with Gasteiger partial charge in [-0.05, 0) is 50.6 Å². The summed E-state index contributed by atoms with van der Waals surface area (Å²) < 4.78 is 5.16. The molecule has 0 unspecified atom stereocenters. The maximum Gasteiger partial charge on any atom is 0.251 e. The number of rotatable bonds is 4. The second-order valence-corrected chi connectivity index (χ2v) is 6.84. The van der Waals surface area contributed by atoms with Crippen LogP contribution in [0.1, 0.15) is 35.8 Å². The monoisotopic (exact) mass is 363 g/mol. The number of H-pyrrole nitrogens is 1. The minimum atomic E-state index is -0.0873. The van der Waals surface area contributed by atoms with Gasteiger partial charge >= 0.3 is 0 Å². The van der Waals surface area contributed by atoms with Gasteiger partial charge in [-0.15, -0.1) is 0 Å². The van der Waals surface area contributed by atoms with Gasteiger partial charge in [-0.25, -0.2) is 4.98 Å². The third-order valence-electron chi connectivity index (χ3n) is 4.60. The van der Waals surface area contributed by atoms with Gasteiger partial charge in [0.05, 0.1) is 17.8 Å². The van der Waals surface area contributed by atoms with Gasteiger partial charge in [0.2, 0.25) is 0 Å². The molecule has 1 aromatic heterocycles. The largest absolute Gasteiger partial charge is 0.503 e. The zero-order chi connectivity index (χ0) is 18.0. The van der Waals surface area contributed by atoms with E-state index in [1.165, 1.54) is 7.11 Å². The number of aryl methyl sites for hydroxylation is 1. The number of halogens is 1. The second-order valence-electron chi connectivity index (χ2n) is 6.43. The molecule has 6 nitrogen and oxygen atoms in total. The lowest BCUT2D eigenvalue weighted by atomic mass is 9.93. The van der Waals surface area contributed by atoms with Crippen molar-refractivity contribution in [3.63, 3.8) is 0 Å². The van der Waals surface area contributed by atoms with E-state index >= 15 is 0 Å². The number of aromatic hydroxyl groups is 1. The van der Waals surface area contributed by atoms with Crippen molar-refractivity contribution in [2.45, 2.75) is 32.2 Å². The molecule has 7 heteroatoms. The van der Waals surface area contributed by atoms with Crippen LogP contribution in [0.5, 0.6) is 11.5 Å². The lowest BCUT2D eigenvalue weighted by Crippen LogP contribution is -2.33. The van der Waals surface area contributed by atoms with E-state index in [1.54, 1.807) is 12.1 Å². The highest BCUT2D eigenvalue weighted by Gasteiger charge is 2.22. The number of likely N-dealkylation sites (tertiary alicyclic amines) is 1. The van der Waals surface area contributed by atoms with Crippen LogP contribution >= 0.6 is 11.6 Å². The Bertz CT molecular complexity index is 814. The van der Waals surface area contributed by atoms with Crippen molar-refractivity contribution in [1.82, 2.24) is 14.9 Å². The van der Waals surface area contributed by atoms with Crippen LogP contribution in [0.25, 0.3) is 0 Å². The Balaban J connectivity index is 1.65. The molecule has 0 radical (unpaired) electrons. The fourth-order valence-electron chi connectivity index (χ4n) is 3.33. The quantitative estimate of drug-likeness (QED) is 0.873. The number of phenols is 1. The number of methoxy groups -OCH3 is 1. The van der Waals surface area contributed by atoms with Gasteiger partial charge in [0.1, 0.15) is 5.82 Å². The number of aromatic amines is 1. The summed E-state index contributed by atoms with van der Waals surface area (Å²) in [6.07, 6.45) is 1.91. The van der Waals surface area contributed by atoms with Crippen molar-refractivity contribution in [2.24, 2.45) is 0 Å². The number of nitrogens with zero attached hydrogens (tertiary/aromatic N) is 2. The number of benzene rings is 1. The Morgan fingerprint density at radius 2 is 2.08 bits per heavy atom. The average molecular weight is 364 g/mol. The molecule has 3 rings (SSSR count). The SMILES string of the molecule is COc1cc(CN2CCC(c3cc(=O)[nH]c(C)n3)CC2)cc(Cl)c1O. The Kier molecular flexibility index (Phi) is 5.30. The number of nitrogens with one attached hydrogen (secondary N) is 1. The van der Waals surface area contributed by atoms with Crippen molar-refractivity contribution >= 4 is 11.6 Å². The van der Waals surface area contributed by atoms with E-state index in [1.807, 2.05) is 13.0 Å². The lowest BCUT2D eigenvalue weighted by molar-refractivity contribution is 0.203. The Morgan fingerprint density at radius 3 is 2.72 bits per heavy atom. The van der Waals surface area contributed by atoms with Crippen LogP contribution in [0, 0.1) is 6.92 Å². The van der Waals surface area contributed by atoms with E-state index in [0.717, 1.165) is 43.7 Å². The number of aromatic nitrogens is 2. The average Bonchev–Trinajstić information content (AvgIpc) is 2.57. The van der Waals surface area contributed by atoms with E-state index in [9.17, 15) is 9.90 Å². The summed E-state index contributed by atoms with van der Waals surface area (Å²) in [5, 5.41) is 10.1. The number of ether oxygens (including phenoxy) is 1. The third-order valence-corrected chi connectivity index (χ3v) is 4.89. The Labute approximate surface area is 151 Å². The van der Waals surface area contributed by atoms with Crippen LogP contribution in [0.15, 0.2) is 23.0 Å². The molecule has 1 aliphatic rings. The lowest BCUT2D eigenvalue weighted by Gasteiger charge is -2.31. The molecular weight excluding hydrogens is 342 g/mol. The summed E-state index contributed by atoms with van der Waals surface area (Å²) in [5.41, 5.74) is 1.80. The molecule has 25 heavy (non-hydrogen) atoms. The van der Waals surface area contributed by atoms with Crippen molar-refractivity contribution in [3.8, 4) is 11.5 Å². The van der Waals surface area contributed by atoms with Crippen LogP contribution in [0.2, 0.25) is 5.02 Å².